The molecule has 0 aliphatic heterocycles. The van der Waals surface area contributed by atoms with E-state index in [4.69, 9.17) is 14.2 Å². The Morgan fingerprint density at radius 2 is 1.70 bits per heavy atom. The molecular weight excluding hydrogens is 354 g/mol. The lowest BCUT2D eigenvalue weighted by Gasteiger charge is -2.13. The molecule has 142 valence electrons. The summed E-state index contributed by atoms with van der Waals surface area (Å²) < 4.78 is 16.9. The van der Waals surface area contributed by atoms with E-state index in [0.29, 0.717) is 28.5 Å². The Bertz CT molecular complexity index is 1060. The summed E-state index contributed by atoms with van der Waals surface area (Å²) in [6.07, 6.45) is 0. The lowest BCUT2D eigenvalue weighted by atomic mass is 10.1. The van der Waals surface area contributed by atoms with Gasteiger partial charge in [-0.15, -0.1) is 0 Å². The second-order valence-corrected chi connectivity index (χ2v) is 5.70. The van der Waals surface area contributed by atoms with Crippen molar-refractivity contribution in [1.82, 2.24) is 19.6 Å². The Hall–Kier alpha value is -3.56. The Kier molecular flexibility index (Phi) is 4.72. The maximum Gasteiger partial charge on any atom is 0.277 e. The van der Waals surface area contributed by atoms with Gasteiger partial charge in [0.05, 0.1) is 21.3 Å². The zero-order chi connectivity index (χ0) is 19.7. The predicted octanol–water partition coefficient (Wildman–Crippen LogP) is 1.31. The number of rotatable bonds is 5. The minimum absolute atomic E-state index is 0.0864. The van der Waals surface area contributed by atoms with E-state index in [9.17, 15) is 9.59 Å². The van der Waals surface area contributed by atoms with E-state index in [2.05, 4.69) is 20.4 Å². The first kappa shape index (κ1) is 18.2. The largest absolute Gasteiger partial charge is 0.493 e. The number of aryl methyl sites for hydroxylation is 1. The minimum Gasteiger partial charge on any atom is -0.493 e. The molecule has 0 bridgehead atoms. The summed E-state index contributed by atoms with van der Waals surface area (Å²) in [5.74, 6) is 0.843. The highest BCUT2D eigenvalue weighted by Gasteiger charge is 2.18. The van der Waals surface area contributed by atoms with Crippen LogP contribution in [0, 0.1) is 13.8 Å². The molecule has 0 aliphatic carbocycles. The first-order chi connectivity index (χ1) is 12.9. The summed E-state index contributed by atoms with van der Waals surface area (Å²) in [5, 5.41) is 5.32. The molecule has 1 amide bonds. The van der Waals surface area contributed by atoms with Gasteiger partial charge in [0.2, 0.25) is 11.7 Å². The van der Waals surface area contributed by atoms with Crippen molar-refractivity contribution in [3.8, 4) is 17.2 Å². The van der Waals surface area contributed by atoms with Gasteiger partial charge in [-0.05, 0) is 26.0 Å². The third kappa shape index (κ3) is 3.16. The molecule has 0 unspecified atom stereocenters. The summed E-state index contributed by atoms with van der Waals surface area (Å²) in [6, 6.07) is 3.02. The Balaban J connectivity index is 1.97. The van der Waals surface area contributed by atoms with Crippen molar-refractivity contribution in [2.24, 2.45) is 0 Å². The molecule has 2 heterocycles. The van der Waals surface area contributed by atoms with Crippen LogP contribution in [0.4, 0.5) is 5.95 Å². The number of amides is 1. The van der Waals surface area contributed by atoms with E-state index in [0.717, 1.165) is 0 Å². The standard InChI is InChI=1S/C17H19N5O5/c1-8-9(2)18-17-20-16(21-22(17)15(8)24)19-14(23)10-6-11(25-3)13(27-5)12(7-10)26-4/h6-7H,1-5H3,(H2,18,19,20,21,23). The molecule has 2 aromatic heterocycles. The van der Waals surface area contributed by atoms with Crippen molar-refractivity contribution in [1.29, 1.82) is 0 Å². The van der Waals surface area contributed by atoms with Gasteiger partial charge in [-0.1, -0.05) is 0 Å². The number of nitrogens with one attached hydrogen (secondary N) is 2. The average Bonchev–Trinajstić information content (AvgIpc) is 3.07. The summed E-state index contributed by atoms with van der Waals surface area (Å²) in [7, 11) is 4.39. The van der Waals surface area contributed by atoms with E-state index < -0.39 is 5.91 Å². The van der Waals surface area contributed by atoms with Crippen LogP contribution in [-0.4, -0.2) is 46.8 Å². The van der Waals surface area contributed by atoms with Crippen LogP contribution in [0.15, 0.2) is 16.9 Å². The molecule has 0 saturated heterocycles. The highest BCUT2D eigenvalue weighted by Crippen LogP contribution is 2.38. The van der Waals surface area contributed by atoms with Crippen LogP contribution in [0.5, 0.6) is 17.2 Å². The fourth-order valence-electron chi connectivity index (χ4n) is 2.55. The monoisotopic (exact) mass is 373 g/mol. The Morgan fingerprint density at radius 3 is 2.26 bits per heavy atom. The van der Waals surface area contributed by atoms with Crippen molar-refractivity contribution in [3.63, 3.8) is 0 Å². The quantitative estimate of drug-likeness (QED) is 0.692. The number of nitrogens with zero attached hydrogens (tertiary/aromatic N) is 3. The van der Waals surface area contributed by atoms with Crippen molar-refractivity contribution in [3.05, 3.63) is 39.3 Å². The van der Waals surface area contributed by atoms with Crippen LogP contribution in [0.1, 0.15) is 21.6 Å². The van der Waals surface area contributed by atoms with E-state index in [1.807, 2.05) is 0 Å². The number of carbonyl (C=O) groups is 1. The van der Waals surface area contributed by atoms with Crippen LogP contribution in [0.2, 0.25) is 0 Å². The van der Waals surface area contributed by atoms with Crippen molar-refractivity contribution in [2.45, 2.75) is 13.8 Å². The molecule has 2 N–H and O–H groups in total. The van der Waals surface area contributed by atoms with Gasteiger partial charge in [0.25, 0.3) is 17.2 Å². The fourth-order valence-corrected chi connectivity index (χ4v) is 2.55. The maximum atomic E-state index is 12.6. The van der Waals surface area contributed by atoms with Gasteiger partial charge in [0.15, 0.2) is 11.5 Å². The first-order valence-electron chi connectivity index (χ1n) is 7.97. The number of ether oxygens (including phenoxy) is 3. The fraction of sp³-hybridized carbons (Fsp3) is 0.294. The highest BCUT2D eigenvalue weighted by atomic mass is 16.5. The van der Waals surface area contributed by atoms with Crippen LogP contribution in [0.25, 0.3) is 5.78 Å². The molecule has 0 radical (unpaired) electrons. The van der Waals surface area contributed by atoms with Gasteiger partial charge < -0.3 is 14.2 Å². The number of H-pyrrole nitrogens is 1. The lowest BCUT2D eigenvalue weighted by Crippen LogP contribution is -2.19. The number of aromatic amines is 1. The Labute approximate surface area is 154 Å². The van der Waals surface area contributed by atoms with Gasteiger partial charge >= 0.3 is 0 Å². The third-order valence-corrected chi connectivity index (χ3v) is 4.12. The van der Waals surface area contributed by atoms with Crippen molar-refractivity contribution < 1.29 is 19.0 Å². The summed E-state index contributed by atoms with van der Waals surface area (Å²) >= 11 is 0. The summed E-state index contributed by atoms with van der Waals surface area (Å²) in [4.78, 5) is 33.2. The summed E-state index contributed by atoms with van der Waals surface area (Å²) in [6.45, 7) is 3.39. The van der Waals surface area contributed by atoms with Crippen LogP contribution in [-0.2, 0) is 0 Å². The average molecular weight is 373 g/mol. The van der Waals surface area contributed by atoms with Crippen molar-refractivity contribution >= 4 is 17.6 Å². The summed E-state index contributed by atoms with van der Waals surface area (Å²) in [5.41, 5.74) is 1.06. The Morgan fingerprint density at radius 1 is 1.07 bits per heavy atom. The van der Waals surface area contributed by atoms with Gasteiger partial charge in [-0.2, -0.15) is 9.50 Å². The molecule has 3 rings (SSSR count). The van der Waals surface area contributed by atoms with Crippen LogP contribution < -0.4 is 25.1 Å². The zero-order valence-corrected chi connectivity index (χ0v) is 15.5. The number of benzene rings is 1. The number of aromatic nitrogens is 4. The van der Waals surface area contributed by atoms with Crippen LogP contribution >= 0.6 is 0 Å². The maximum absolute atomic E-state index is 12.6. The van der Waals surface area contributed by atoms with Gasteiger partial charge in [-0.25, -0.2) is 4.98 Å². The van der Waals surface area contributed by atoms with Crippen molar-refractivity contribution in [2.75, 3.05) is 26.6 Å². The minimum atomic E-state index is -0.477. The topological polar surface area (TPSA) is 120 Å². The smallest absolute Gasteiger partial charge is 0.277 e. The first-order valence-corrected chi connectivity index (χ1v) is 7.97. The molecule has 0 fully saturated rings. The molecule has 10 nitrogen and oxygen atoms in total. The van der Waals surface area contributed by atoms with Gasteiger partial charge in [0.1, 0.15) is 0 Å². The molecule has 3 aromatic rings. The van der Waals surface area contributed by atoms with Crippen LogP contribution in [0.3, 0.4) is 0 Å². The highest BCUT2D eigenvalue weighted by molar-refractivity contribution is 6.04. The SMILES string of the molecule is COc1cc(C(=O)Nc2nc3nc(C)c(C)c(=O)n3[nH]2)cc(OC)c1OC. The normalized spacial score (nSPS) is 10.7. The zero-order valence-electron chi connectivity index (χ0n) is 15.5. The number of hydrogen-bond acceptors (Lipinski definition) is 7. The number of hydrogen-bond donors (Lipinski definition) is 2. The molecular formula is C17H19N5O5. The molecule has 10 heteroatoms. The number of carbonyl (C=O) groups excluding carboxylic acids is 1. The van der Waals surface area contributed by atoms with Gasteiger partial charge in [-0.3, -0.25) is 20.0 Å². The number of fused-ring (bicyclic) bond motifs is 1. The number of anilines is 1. The second-order valence-electron chi connectivity index (χ2n) is 5.70. The van der Waals surface area contributed by atoms with E-state index in [1.54, 1.807) is 13.8 Å². The third-order valence-electron chi connectivity index (χ3n) is 4.12. The molecule has 27 heavy (non-hydrogen) atoms. The van der Waals surface area contributed by atoms with E-state index in [-0.39, 0.29) is 22.8 Å². The molecule has 0 atom stereocenters. The number of methoxy groups -OCH3 is 3. The van der Waals surface area contributed by atoms with E-state index in [1.165, 1.54) is 38.0 Å². The molecule has 0 spiro atoms. The molecule has 0 aliphatic rings. The van der Waals surface area contributed by atoms with E-state index >= 15 is 0 Å². The molecule has 0 saturated carbocycles. The van der Waals surface area contributed by atoms with Gasteiger partial charge in [0, 0.05) is 16.8 Å². The second kappa shape index (κ2) is 6.98. The predicted molar refractivity (Wildman–Crippen MR) is 97.1 cm³/mol. The molecule has 1 aromatic carbocycles. The lowest BCUT2D eigenvalue weighted by molar-refractivity contribution is 0.102.